The number of methoxy groups -OCH3 is 2. The second-order valence-electron chi connectivity index (χ2n) is 7.47. The molecule has 1 saturated heterocycles. The Morgan fingerprint density at radius 2 is 1.97 bits per heavy atom. The van der Waals surface area contributed by atoms with Gasteiger partial charge < -0.3 is 35.2 Å². The predicted molar refractivity (Wildman–Crippen MR) is 123 cm³/mol. The normalized spacial score (nSPS) is 14.7. The van der Waals surface area contributed by atoms with Gasteiger partial charge >= 0.3 is 0 Å². The summed E-state index contributed by atoms with van der Waals surface area (Å²) in [6.45, 7) is 1.89. The molecule has 1 aliphatic rings. The zero-order valence-electron chi connectivity index (χ0n) is 18.3. The van der Waals surface area contributed by atoms with Crippen LogP contribution >= 0.6 is 12.4 Å². The number of hydrogen-bond acceptors (Lipinski definition) is 9. The Bertz CT molecular complexity index is 1120. The summed E-state index contributed by atoms with van der Waals surface area (Å²) in [5.41, 5.74) is 13.0. The molecule has 0 radical (unpaired) electrons. The van der Waals surface area contributed by atoms with Gasteiger partial charge in [-0.3, -0.25) is 4.79 Å². The van der Waals surface area contributed by atoms with E-state index in [9.17, 15) is 4.79 Å². The summed E-state index contributed by atoms with van der Waals surface area (Å²) in [7, 11) is 2.77. The van der Waals surface area contributed by atoms with Crippen molar-refractivity contribution >= 4 is 41.0 Å². The van der Waals surface area contributed by atoms with Crippen molar-refractivity contribution in [2.75, 3.05) is 51.0 Å². The van der Waals surface area contributed by atoms with Crippen LogP contribution < -0.4 is 25.8 Å². The van der Waals surface area contributed by atoms with E-state index >= 15 is 4.39 Å². The molecule has 0 unspecified atom stereocenters. The van der Waals surface area contributed by atoms with E-state index in [2.05, 4.69) is 9.97 Å². The van der Waals surface area contributed by atoms with Gasteiger partial charge in [0.2, 0.25) is 11.9 Å². The number of halogens is 2. The average molecular weight is 481 g/mol. The molecule has 0 bridgehead atoms. The van der Waals surface area contributed by atoms with Crippen LogP contribution in [0.3, 0.4) is 0 Å². The van der Waals surface area contributed by atoms with Crippen LogP contribution in [0, 0.1) is 5.82 Å². The van der Waals surface area contributed by atoms with Crippen molar-refractivity contribution in [2.45, 2.75) is 12.5 Å². The van der Waals surface area contributed by atoms with Crippen LogP contribution in [0.2, 0.25) is 0 Å². The van der Waals surface area contributed by atoms with E-state index in [-0.39, 0.29) is 47.6 Å². The van der Waals surface area contributed by atoms with Crippen molar-refractivity contribution < 1.29 is 23.1 Å². The van der Waals surface area contributed by atoms with E-state index in [0.29, 0.717) is 37.5 Å². The number of benzene rings is 1. The molecule has 12 heteroatoms. The number of aromatic nitrogens is 2. The summed E-state index contributed by atoms with van der Waals surface area (Å²) in [4.78, 5) is 25.0. The van der Waals surface area contributed by atoms with E-state index in [1.54, 1.807) is 23.3 Å². The fourth-order valence-electron chi connectivity index (χ4n) is 3.76. The minimum absolute atomic E-state index is 0. The monoisotopic (exact) mass is 480 g/mol. The topological polar surface area (TPSA) is 133 Å². The molecule has 0 spiro atoms. The highest BCUT2D eigenvalue weighted by Crippen LogP contribution is 2.37. The maximum Gasteiger partial charge on any atom is 0.228 e. The lowest BCUT2D eigenvalue weighted by molar-refractivity contribution is -0.131. The van der Waals surface area contributed by atoms with E-state index in [1.807, 2.05) is 4.90 Å². The molecule has 4 rings (SSSR count). The van der Waals surface area contributed by atoms with Crippen LogP contribution in [0.25, 0.3) is 10.9 Å². The number of carbonyl (C=O) groups is 1. The summed E-state index contributed by atoms with van der Waals surface area (Å²) in [6, 6.07) is 2.88. The van der Waals surface area contributed by atoms with Crippen LogP contribution in [-0.2, 0) is 4.79 Å². The van der Waals surface area contributed by atoms with Crippen LogP contribution in [0.15, 0.2) is 29.1 Å². The molecule has 2 aromatic heterocycles. The summed E-state index contributed by atoms with van der Waals surface area (Å²) < 4.78 is 30.3. The molecule has 0 aliphatic carbocycles. The summed E-state index contributed by atoms with van der Waals surface area (Å²) in [6.07, 6.45) is 3.26. The predicted octanol–water partition coefficient (Wildman–Crippen LogP) is 2.12. The minimum Gasteiger partial charge on any atom is -0.493 e. The largest absolute Gasteiger partial charge is 0.493 e. The van der Waals surface area contributed by atoms with Gasteiger partial charge in [-0.2, -0.15) is 4.98 Å². The number of fused-ring (bicyclic) bond motifs is 1. The number of nitrogen functional groups attached to an aromatic ring is 1. The second kappa shape index (κ2) is 10.1. The molecule has 178 valence electrons. The zero-order valence-corrected chi connectivity index (χ0v) is 19.1. The fraction of sp³-hybridized carbons (Fsp3) is 0.381. The molecule has 1 fully saturated rings. The molecule has 4 N–H and O–H groups in total. The van der Waals surface area contributed by atoms with E-state index in [1.165, 1.54) is 20.5 Å². The number of piperazine rings is 1. The maximum absolute atomic E-state index is 15.0. The Hall–Kier alpha value is -3.31. The average Bonchev–Trinajstić information content (AvgIpc) is 3.34. The maximum atomic E-state index is 15.0. The molecule has 10 nitrogen and oxygen atoms in total. The number of furan rings is 1. The van der Waals surface area contributed by atoms with Gasteiger partial charge in [-0.15, -0.1) is 12.4 Å². The molecule has 1 atom stereocenters. The van der Waals surface area contributed by atoms with Gasteiger partial charge in [-0.05, 0) is 12.1 Å². The van der Waals surface area contributed by atoms with Crippen molar-refractivity contribution in [3.8, 4) is 11.5 Å². The molecular weight excluding hydrogens is 455 g/mol. The van der Waals surface area contributed by atoms with E-state index in [4.69, 9.17) is 25.4 Å². The fourth-order valence-corrected chi connectivity index (χ4v) is 3.76. The number of carbonyl (C=O) groups excluding carboxylic acids is 1. The van der Waals surface area contributed by atoms with Crippen LogP contribution in [0.5, 0.6) is 11.5 Å². The lowest BCUT2D eigenvalue weighted by Gasteiger charge is -2.35. The SMILES string of the molecule is COc1cc2c(N)nc(N3CCN(C(=O)C[C@@H](N)c4ccoc4)CC3)nc2c(F)c1OC.Cl. The van der Waals surface area contributed by atoms with Crippen LogP contribution in [0.4, 0.5) is 16.2 Å². The number of ether oxygens (including phenoxy) is 2. The molecule has 1 aliphatic heterocycles. The number of nitrogens with zero attached hydrogens (tertiary/aromatic N) is 4. The lowest BCUT2D eigenvalue weighted by Crippen LogP contribution is -2.49. The Kier molecular flexibility index (Phi) is 7.44. The van der Waals surface area contributed by atoms with Gasteiger partial charge in [0.05, 0.1) is 26.7 Å². The first-order valence-corrected chi connectivity index (χ1v) is 10.1. The third-order valence-corrected chi connectivity index (χ3v) is 5.57. The smallest absolute Gasteiger partial charge is 0.228 e. The highest BCUT2D eigenvalue weighted by Gasteiger charge is 2.26. The van der Waals surface area contributed by atoms with Gasteiger partial charge in [-0.1, -0.05) is 0 Å². The highest BCUT2D eigenvalue weighted by molar-refractivity contribution is 5.92. The zero-order chi connectivity index (χ0) is 22.8. The van der Waals surface area contributed by atoms with Gasteiger partial charge in [0.25, 0.3) is 0 Å². The number of rotatable bonds is 6. The number of hydrogen-bond donors (Lipinski definition) is 2. The van der Waals surface area contributed by atoms with E-state index < -0.39 is 11.9 Å². The van der Waals surface area contributed by atoms with Crippen molar-refractivity contribution in [1.82, 2.24) is 14.9 Å². The van der Waals surface area contributed by atoms with Crippen LogP contribution in [0.1, 0.15) is 18.0 Å². The summed E-state index contributed by atoms with van der Waals surface area (Å²) in [5.74, 6) is -0.119. The number of anilines is 2. The Morgan fingerprint density at radius 1 is 1.24 bits per heavy atom. The Morgan fingerprint density at radius 3 is 2.58 bits per heavy atom. The van der Waals surface area contributed by atoms with Gasteiger partial charge in [0.15, 0.2) is 17.3 Å². The molecular formula is C21H26ClFN6O4. The highest BCUT2D eigenvalue weighted by atomic mass is 35.5. The number of nitrogens with two attached hydrogens (primary N) is 2. The summed E-state index contributed by atoms with van der Waals surface area (Å²) >= 11 is 0. The van der Waals surface area contributed by atoms with Gasteiger partial charge in [0.1, 0.15) is 11.3 Å². The third-order valence-electron chi connectivity index (χ3n) is 5.57. The molecule has 3 aromatic rings. The molecule has 3 heterocycles. The summed E-state index contributed by atoms with van der Waals surface area (Å²) in [5, 5.41) is 0.339. The van der Waals surface area contributed by atoms with Gasteiger partial charge in [0, 0.05) is 49.6 Å². The first-order chi connectivity index (χ1) is 15.4. The number of amides is 1. The van der Waals surface area contributed by atoms with Crippen LogP contribution in [-0.4, -0.2) is 61.2 Å². The first kappa shape index (κ1) is 24.3. The lowest BCUT2D eigenvalue weighted by atomic mass is 10.1. The van der Waals surface area contributed by atoms with Crippen molar-refractivity contribution in [3.63, 3.8) is 0 Å². The molecule has 1 amide bonds. The molecule has 0 saturated carbocycles. The quantitative estimate of drug-likeness (QED) is 0.544. The first-order valence-electron chi connectivity index (χ1n) is 10.1. The van der Waals surface area contributed by atoms with E-state index in [0.717, 1.165) is 5.56 Å². The standard InChI is InChI=1S/C21H25FN6O4.ClH/c1-30-15-9-13-18(17(22)19(15)31-2)25-21(26-20(13)24)28-6-4-27(5-7-28)16(29)10-14(23)12-3-8-32-11-12;/h3,8-9,11,14H,4-7,10,23H2,1-2H3,(H2,24,25,26);1H/t14-;/m1./s1. The molecule has 1 aromatic carbocycles. The minimum atomic E-state index is -0.667. The van der Waals surface area contributed by atoms with Crippen molar-refractivity contribution in [2.24, 2.45) is 5.73 Å². The van der Waals surface area contributed by atoms with Crippen molar-refractivity contribution in [1.29, 1.82) is 0 Å². The Labute approximate surface area is 196 Å². The second-order valence-corrected chi connectivity index (χ2v) is 7.47. The van der Waals surface area contributed by atoms with Gasteiger partial charge in [-0.25, -0.2) is 9.37 Å². The molecule has 33 heavy (non-hydrogen) atoms. The Balaban J connectivity index is 0.00000306. The third kappa shape index (κ3) is 4.74. The van der Waals surface area contributed by atoms with Crippen molar-refractivity contribution in [3.05, 3.63) is 36.0 Å².